The molecule has 1 aromatic rings. The minimum atomic E-state index is -1.16. The molecule has 2 rings (SSSR count). The molecule has 1 aliphatic rings. The zero-order chi connectivity index (χ0) is 15.5. The third kappa shape index (κ3) is 4.01. The van der Waals surface area contributed by atoms with Crippen molar-refractivity contribution in [2.45, 2.75) is 24.9 Å². The summed E-state index contributed by atoms with van der Waals surface area (Å²) in [4.78, 5) is 29.5. The number of halogens is 1. The van der Waals surface area contributed by atoms with E-state index in [0.717, 1.165) is 4.47 Å². The van der Waals surface area contributed by atoms with Crippen LogP contribution in [-0.2, 0) is 4.79 Å². The number of aliphatic hydroxyl groups is 1. The summed E-state index contributed by atoms with van der Waals surface area (Å²) in [6, 6.07) is 1.70. The average molecular weight is 356 g/mol. The van der Waals surface area contributed by atoms with Gasteiger partial charge in [0.2, 0.25) is 5.91 Å². The zero-order valence-electron chi connectivity index (χ0n) is 11.8. The standard InChI is InChI=1S/C14H18BrN3O3/c1-16-12(19)6-14(21)3-2-4-18(9-14)13(20)10-5-11(15)8-17-7-10/h5,7-8,21H,2-4,6,9H2,1H3,(H,16,19). The van der Waals surface area contributed by atoms with Gasteiger partial charge in [0.25, 0.3) is 5.91 Å². The van der Waals surface area contributed by atoms with E-state index in [4.69, 9.17) is 0 Å². The summed E-state index contributed by atoms with van der Waals surface area (Å²) in [7, 11) is 1.53. The van der Waals surface area contributed by atoms with Crippen LogP contribution >= 0.6 is 15.9 Å². The molecule has 2 N–H and O–H groups in total. The van der Waals surface area contributed by atoms with Crippen LogP contribution < -0.4 is 5.32 Å². The maximum atomic E-state index is 12.4. The Bertz CT molecular complexity index is 552. The van der Waals surface area contributed by atoms with Gasteiger partial charge in [-0.2, -0.15) is 0 Å². The maximum Gasteiger partial charge on any atom is 0.255 e. The lowest BCUT2D eigenvalue weighted by molar-refractivity contribution is -0.127. The van der Waals surface area contributed by atoms with Crippen LogP contribution in [-0.4, -0.2) is 52.5 Å². The molecule has 2 amide bonds. The van der Waals surface area contributed by atoms with Gasteiger partial charge in [0, 0.05) is 30.5 Å². The fourth-order valence-corrected chi connectivity index (χ4v) is 2.89. The molecule has 7 heteroatoms. The third-order valence-electron chi connectivity index (χ3n) is 3.56. The molecule has 0 saturated carbocycles. The third-order valence-corrected chi connectivity index (χ3v) is 4.00. The predicted molar refractivity (Wildman–Crippen MR) is 80.7 cm³/mol. The molecule has 0 bridgehead atoms. The van der Waals surface area contributed by atoms with Gasteiger partial charge in [0.05, 0.1) is 24.1 Å². The topological polar surface area (TPSA) is 82.5 Å². The SMILES string of the molecule is CNC(=O)CC1(O)CCCN(C(=O)c2cncc(Br)c2)C1. The Balaban J connectivity index is 2.10. The highest BCUT2D eigenvalue weighted by Crippen LogP contribution is 2.26. The van der Waals surface area contributed by atoms with E-state index < -0.39 is 5.60 Å². The molecule has 0 aromatic carbocycles. The van der Waals surface area contributed by atoms with Gasteiger partial charge in [-0.3, -0.25) is 14.6 Å². The number of hydrogen-bond donors (Lipinski definition) is 2. The van der Waals surface area contributed by atoms with Crippen LogP contribution in [0.25, 0.3) is 0 Å². The molecule has 114 valence electrons. The largest absolute Gasteiger partial charge is 0.388 e. The second kappa shape index (κ2) is 6.53. The van der Waals surface area contributed by atoms with Crippen LogP contribution in [0.5, 0.6) is 0 Å². The molecule has 1 fully saturated rings. The van der Waals surface area contributed by atoms with Crippen molar-refractivity contribution in [3.05, 3.63) is 28.5 Å². The number of aromatic nitrogens is 1. The Morgan fingerprint density at radius 1 is 1.52 bits per heavy atom. The van der Waals surface area contributed by atoms with Gasteiger partial charge in [0.1, 0.15) is 0 Å². The molecule has 2 heterocycles. The summed E-state index contributed by atoms with van der Waals surface area (Å²) in [5, 5.41) is 13.0. The number of nitrogens with one attached hydrogen (secondary N) is 1. The fraction of sp³-hybridized carbons (Fsp3) is 0.500. The van der Waals surface area contributed by atoms with E-state index in [9.17, 15) is 14.7 Å². The van der Waals surface area contributed by atoms with E-state index in [1.807, 2.05) is 0 Å². The first-order chi connectivity index (χ1) is 9.93. The minimum Gasteiger partial charge on any atom is -0.388 e. The summed E-state index contributed by atoms with van der Waals surface area (Å²) in [6.07, 6.45) is 4.29. The van der Waals surface area contributed by atoms with Crippen LogP contribution in [0.2, 0.25) is 0 Å². The van der Waals surface area contributed by atoms with Gasteiger partial charge in [0.15, 0.2) is 0 Å². The zero-order valence-corrected chi connectivity index (χ0v) is 13.4. The van der Waals surface area contributed by atoms with E-state index in [2.05, 4.69) is 26.2 Å². The Kier molecular flexibility index (Phi) is 4.95. The van der Waals surface area contributed by atoms with Crippen molar-refractivity contribution >= 4 is 27.7 Å². The molecular weight excluding hydrogens is 338 g/mol. The molecule has 0 aliphatic carbocycles. The lowest BCUT2D eigenvalue weighted by atomic mass is 9.89. The molecule has 6 nitrogen and oxygen atoms in total. The Morgan fingerprint density at radius 3 is 2.95 bits per heavy atom. The first-order valence-corrected chi connectivity index (χ1v) is 7.56. The number of carbonyl (C=O) groups is 2. The molecule has 1 saturated heterocycles. The second-order valence-electron chi connectivity index (χ2n) is 5.30. The van der Waals surface area contributed by atoms with E-state index in [1.54, 1.807) is 17.2 Å². The number of piperidine rings is 1. The van der Waals surface area contributed by atoms with Crippen LogP contribution in [0, 0.1) is 0 Å². The van der Waals surface area contributed by atoms with Crippen molar-refractivity contribution < 1.29 is 14.7 Å². The van der Waals surface area contributed by atoms with Crippen LogP contribution in [0.15, 0.2) is 22.9 Å². The van der Waals surface area contributed by atoms with Gasteiger partial charge in [-0.15, -0.1) is 0 Å². The highest BCUT2D eigenvalue weighted by atomic mass is 79.9. The molecule has 21 heavy (non-hydrogen) atoms. The molecule has 1 atom stereocenters. The number of nitrogens with zero attached hydrogens (tertiary/aromatic N) is 2. The van der Waals surface area contributed by atoms with E-state index in [0.29, 0.717) is 24.9 Å². The summed E-state index contributed by atoms with van der Waals surface area (Å²) in [5.74, 6) is -0.408. The van der Waals surface area contributed by atoms with Gasteiger partial charge < -0.3 is 15.3 Å². The molecule has 1 aromatic heterocycles. The quantitative estimate of drug-likeness (QED) is 0.845. The van der Waals surface area contributed by atoms with E-state index >= 15 is 0 Å². The van der Waals surface area contributed by atoms with Crippen molar-refractivity contribution in [1.29, 1.82) is 0 Å². The number of pyridine rings is 1. The highest BCUT2D eigenvalue weighted by molar-refractivity contribution is 9.10. The molecule has 0 spiro atoms. The Hall–Kier alpha value is -1.47. The lowest BCUT2D eigenvalue weighted by Gasteiger charge is -2.38. The summed E-state index contributed by atoms with van der Waals surface area (Å²) < 4.78 is 0.728. The molecular formula is C14H18BrN3O3. The van der Waals surface area contributed by atoms with Crippen molar-refractivity contribution in [2.24, 2.45) is 0 Å². The Morgan fingerprint density at radius 2 is 2.29 bits per heavy atom. The Labute approximate surface area is 131 Å². The first kappa shape index (κ1) is 15.9. The molecule has 1 unspecified atom stereocenters. The number of hydrogen-bond acceptors (Lipinski definition) is 4. The number of β-amino-alcohol motifs (C(OH)–C–C–N with tert-alkyl or cyclic N) is 1. The normalized spacial score (nSPS) is 22.0. The van der Waals surface area contributed by atoms with Crippen LogP contribution in [0.1, 0.15) is 29.6 Å². The van der Waals surface area contributed by atoms with Crippen molar-refractivity contribution in [2.75, 3.05) is 20.1 Å². The summed E-state index contributed by atoms with van der Waals surface area (Å²) >= 11 is 3.28. The number of amides is 2. The van der Waals surface area contributed by atoms with Crippen molar-refractivity contribution in [3.63, 3.8) is 0 Å². The summed E-state index contributed by atoms with van der Waals surface area (Å²) in [5.41, 5.74) is -0.693. The highest BCUT2D eigenvalue weighted by Gasteiger charge is 2.37. The molecule has 0 radical (unpaired) electrons. The number of carbonyl (C=O) groups excluding carboxylic acids is 2. The van der Waals surface area contributed by atoms with Crippen LogP contribution in [0.3, 0.4) is 0 Å². The van der Waals surface area contributed by atoms with Crippen molar-refractivity contribution in [3.8, 4) is 0 Å². The van der Waals surface area contributed by atoms with Gasteiger partial charge in [-0.1, -0.05) is 0 Å². The average Bonchev–Trinajstić information content (AvgIpc) is 2.46. The monoisotopic (exact) mass is 355 g/mol. The first-order valence-electron chi connectivity index (χ1n) is 6.76. The minimum absolute atomic E-state index is 0.00398. The number of rotatable bonds is 3. The molecule has 1 aliphatic heterocycles. The predicted octanol–water partition coefficient (Wildman–Crippen LogP) is 0.947. The van der Waals surface area contributed by atoms with E-state index in [-0.39, 0.29) is 24.8 Å². The summed E-state index contributed by atoms with van der Waals surface area (Å²) in [6.45, 7) is 0.729. The van der Waals surface area contributed by atoms with E-state index in [1.165, 1.54) is 13.2 Å². The second-order valence-corrected chi connectivity index (χ2v) is 6.21. The smallest absolute Gasteiger partial charge is 0.255 e. The van der Waals surface area contributed by atoms with Gasteiger partial charge >= 0.3 is 0 Å². The maximum absolute atomic E-state index is 12.4. The fourth-order valence-electron chi connectivity index (χ4n) is 2.53. The van der Waals surface area contributed by atoms with Gasteiger partial charge in [-0.25, -0.2) is 0 Å². The van der Waals surface area contributed by atoms with Gasteiger partial charge in [-0.05, 0) is 34.8 Å². The van der Waals surface area contributed by atoms with Crippen molar-refractivity contribution in [1.82, 2.24) is 15.2 Å². The lowest BCUT2D eigenvalue weighted by Crippen LogP contribution is -2.52. The van der Waals surface area contributed by atoms with Crippen LogP contribution in [0.4, 0.5) is 0 Å². The number of likely N-dealkylation sites (tertiary alicyclic amines) is 1.